The number of halogens is 3. The van der Waals surface area contributed by atoms with Crippen LogP contribution in [0.4, 0.5) is 24.5 Å². The number of alkyl halides is 3. The molecule has 0 saturated carbocycles. The van der Waals surface area contributed by atoms with Crippen molar-refractivity contribution in [3.8, 4) is 0 Å². The maximum absolute atomic E-state index is 13.0. The second-order valence-electron chi connectivity index (χ2n) is 6.26. The average Bonchev–Trinajstić information content (AvgIpc) is 2.67. The molecule has 0 aliphatic rings. The Morgan fingerprint density at radius 2 is 1.63 bits per heavy atom. The fourth-order valence-corrected chi connectivity index (χ4v) is 3.26. The van der Waals surface area contributed by atoms with Crippen molar-refractivity contribution >= 4 is 40.9 Å². The van der Waals surface area contributed by atoms with Crippen LogP contribution < -0.4 is 10.6 Å². The van der Waals surface area contributed by atoms with Gasteiger partial charge in [-0.15, -0.1) is 11.8 Å². The van der Waals surface area contributed by atoms with E-state index >= 15 is 0 Å². The number of carboxylic acid groups (broad SMARTS) is 1. The highest BCUT2D eigenvalue weighted by Gasteiger charge is 2.33. The molecule has 160 valence electrons. The molecule has 0 radical (unpaired) electrons. The van der Waals surface area contributed by atoms with E-state index in [0.717, 1.165) is 17.8 Å². The molecule has 0 aliphatic heterocycles. The number of amides is 2. The molecule has 2 aromatic carbocycles. The van der Waals surface area contributed by atoms with E-state index < -0.39 is 34.8 Å². The number of nitrogens with one attached hydrogen (secondary N) is 2. The zero-order valence-electron chi connectivity index (χ0n) is 15.8. The molecule has 2 amide bonds. The van der Waals surface area contributed by atoms with Crippen LogP contribution in [0.5, 0.6) is 0 Å². The van der Waals surface area contributed by atoms with E-state index in [-0.39, 0.29) is 18.5 Å². The van der Waals surface area contributed by atoms with Gasteiger partial charge in [0.15, 0.2) is 0 Å². The van der Waals surface area contributed by atoms with Crippen molar-refractivity contribution in [1.82, 2.24) is 0 Å². The number of aliphatic carboxylic acids is 1. The normalized spacial score (nSPS) is 12.1. The third-order valence-corrected chi connectivity index (χ3v) is 4.99. The van der Waals surface area contributed by atoms with Gasteiger partial charge in [-0.3, -0.25) is 14.4 Å². The summed E-state index contributed by atoms with van der Waals surface area (Å²) < 4.78 is 39.1. The Balaban J connectivity index is 1.95. The van der Waals surface area contributed by atoms with E-state index in [9.17, 15) is 27.6 Å². The zero-order chi connectivity index (χ0) is 22.3. The lowest BCUT2D eigenvalue weighted by Gasteiger charge is -2.16. The molecule has 0 aromatic heterocycles. The summed E-state index contributed by atoms with van der Waals surface area (Å²) in [5.41, 5.74) is -0.758. The lowest BCUT2D eigenvalue weighted by Crippen LogP contribution is -2.24. The number of hydrogen-bond acceptors (Lipinski definition) is 4. The van der Waals surface area contributed by atoms with Gasteiger partial charge in [-0.2, -0.15) is 13.2 Å². The van der Waals surface area contributed by atoms with E-state index in [0.29, 0.717) is 10.6 Å². The predicted molar refractivity (Wildman–Crippen MR) is 107 cm³/mol. The summed E-state index contributed by atoms with van der Waals surface area (Å²) in [6, 6.07) is 11.2. The fraction of sp³-hybridized carbons (Fsp3) is 0.250. The number of carbonyl (C=O) groups is 3. The van der Waals surface area contributed by atoms with Crippen LogP contribution in [0.2, 0.25) is 0 Å². The minimum Gasteiger partial charge on any atom is -0.481 e. The van der Waals surface area contributed by atoms with E-state index in [1.165, 1.54) is 18.2 Å². The van der Waals surface area contributed by atoms with E-state index in [2.05, 4.69) is 10.6 Å². The molecule has 30 heavy (non-hydrogen) atoms. The molecule has 0 fully saturated rings. The summed E-state index contributed by atoms with van der Waals surface area (Å²) in [7, 11) is 0. The van der Waals surface area contributed by atoms with Crippen LogP contribution in [0.15, 0.2) is 53.4 Å². The minimum absolute atomic E-state index is 0.150. The summed E-state index contributed by atoms with van der Waals surface area (Å²) in [4.78, 5) is 35.1. The van der Waals surface area contributed by atoms with Gasteiger partial charge < -0.3 is 15.7 Å². The number of benzene rings is 2. The van der Waals surface area contributed by atoms with Gasteiger partial charge in [0.2, 0.25) is 11.8 Å². The van der Waals surface area contributed by atoms with Crippen molar-refractivity contribution in [3.05, 3.63) is 54.1 Å². The summed E-state index contributed by atoms with van der Waals surface area (Å²) in [5.74, 6) is -2.08. The van der Waals surface area contributed by atoms with Gasteiger partial charge in [-0.05, 0) is 43.3 Å². The van der Waals surface area contributed by atoms with Crippen molar-refractivity contribution in [1.29, 1.82) is 0 Å². The molecule has 2 rings (SSSR count). The van der Waals surface area contributed by atoms with Gasteiger partial charge in [-0.1, -0.05) is 12.1 Å². The zero-order valence-corrected chi connectivity index (χ0v) is 16.6. The topological polar surface area (TPSA) is 95.5 Å². The number of para-hydroxylation sites is 1. The summed E-state index contributed by atoms with van der Waals surface area (Å²) in [6.07, 6.45) is -5.00. The highest BCUT2D eigenvalue weighted by atomic mass is 32.2. The molecule has 6 nitrogen and oxygen atoms in total. The number of carbonyl (C=O) groups excluding carboxylic acids is 2. The van der Waals surface area contributed by atoms with E-state index in [4.69, 9.17) is 5.11 Å². The summed E-state index contributed by atoms with van der Waals surface area (Å²) in [5, 5.41) is 12.8. The summed E-state index contributed by atoms with van der Waals surface area (Å²) >= 11 is 1.14. The van der Waals surface area contributed by atoms with Crippen molar-refractivity contribution in [3.63, 3.8) is 0 Å². The van der Waals surface area contributed by atoms with Crippen LogP contribution in [0, 0.1) is 0 Å². The lowest BCUT2D eigenvalue weighted by atomic mass is 10.1. The Hall–Kier alpha value is -3.01. The van der Waals surface area contributed by atoms with Crippen LogP contribution in [0.1, 0.15) is 25.3 Å². The number of thioether (sulfide) groups is 1. The first-order valence-corrected chi connectivity index (χ1v) is 9.69. The molecule has 0 aliphatic carbocycles. The molecule has 0 bridgehead atoms. The first-order chi connectivity index (χ1) is 14.1. The highest BCUT2D eigenvalue weighted by molar-refractivity contribution is 8.00. The predicted octanol–water partition coefficient (Wildman–Crippen LogP) is 4.63. The smallest absolute Gasteiger partial charge is 0.418 e. The monoisotopic (exact) mass is 440 g/mol. The van der Waals surface area contributed by atoms with Crippen molar-refractivity contribution in [2.75, 3.05) is 10.6 Å². The van der Waals surface area contributed by atoms with Gasteiger partial charge >= 0.3 is 12.1 Å². The van der Waals surface area contributed by atoms with Crippen LogP contribution in [0.25, 0.3) is 0 Å². The lowest BCUT2D eigenvalue weighted by molar-refractivity contribution is -0.138. The molecule has 10 heteroatoms. The largest absolute Gasteiger partial charge is 0.481 e. The molecule has 0 saturated heterocycles. The van der Waals surface area contributed by atoms with Gasteiger partial charge in [0, 0.05) is 17.0 Å². The number of hydrogen-bond donors (Lipinski definition) is 3. The molecular formula is C20H19F3N2O4S. The molecule has 2 aromatic rings. The van der Waals surface area contributed by atoms with Crippen molar-refractivity contribution in [2.24, 2.45) is 0 Å². The minimum atomic E-state index is -4.58. The molecule has 1 atom stereocenters. The maximum Gasteiger partial charge on any atom is 0.418 e. The van der Waals surface area contributed by atoms with Gasteiger partial charge in [-0.25, -0.2) is 0 Å². The Bertz CT molecular complexity index is 917. The van der Waals surface area contributed by atoms with Crippen LogP contribution in [-0.2, 0) is 20.6 Å². The maximum atomic E-state index is 13.0. The van der Waals surface area contributed by atoms with Gasteiger partial charge in [0.05, 0.1) is 22.9 Å². The van der Waals surface area contributed by atoms with Crippen LogP contribution in [-0.4, -0.2) is 28.1 Å². The van der Waals surface area contributed by atoms with Crippen molar-refractivity contribution in [2.45, 2.75) is 36.1 Å². The van der Waals surface area contributed by atoms with Crippen molar-refractivity contribution < 1.29 is 32.7 Å². The average molecular weight is 440 g/mol. The molecule has 1 unspecified atom stereocenters. The van der Waals surface area contributed by atoms with Crippen LogP contribution in [0.3, 0.4) is 0 Å². The second kappa shape index (κ2) is 10.1. The SMILES string of the molecule is CC(Sc1ccc(NC(=O)CCC(=O)O)cc1)C(=O)Nc1ccccc1C(F)(F)F. The fourth-order valence-electron chi connectivity index (χ4n) is 2.39. The first kappa shape index (κ1) is 23.3. The molecule has 0 spiro atoms. The number of rotatable bonds is 8. The van der Waals surface area contributed by atoms with E-state index in [1.54, 1.807) is 31.2 Å². The second-order valence-corrected chi connectivity index (χ2v) is 7.67. The molecule has 0 heterocycles. The standard InChI is InChI=1S/C20H19F3N2O4S/c1-12(19(29)25-16-5-3-2-4-15(16)20(21,22)23)30-14-8-6-13(7-9-14)24-17(26)10-11-18(27)28/h2-9,12H,10-11H2,1H3,(H,24,26)(H,25,29)(H,27,28). The number of carboxylic acids is 1. The van der Waals surface area contributed by atoms with Gasteiger partial charge in [0.25, 0.3) is 0 Å². The van der Waals surface area contributed by atoms with E-state index in [1.807, 2.05) is 0 Å². The Labute approximate surface area is 174 Å². The quantitative estimate of drug-likeness (QED) is 0.521. The number of anilines is 2. The molecule has 3 N–H and O–H groups in total. The Morgan fingerprint density at radius 1 is 1.00 bits per heavy atom. The highest BCUT2D eigenvalue weighted by Crippen LogP contribution is 2.35. The van der Waals surface area contributed by atoms with Gasteiger partial charge in [0.1, 0.15) is 0 Å². The third-order valence-electron chi connectivity index (χ3n) is 3.88. The summed E-state index contributed by atoms with van der Waals surface area (Å²) in [6.45, 7) is 1.57. The van der Waals surface area contributed by atoms with Crippen LogP contribution >= 0.6 is 11.8 Å². The molecular weight excluding hydrogens is 421 g/mol. The third kappa shape index (κ3) is 7.11. The first-order valence-electron chi connectivity index (χ1n) is 8.81. The Kier molecular flexibility index (Phi) is 7.87. The Morgan fingerprint density at radius 3 is 2.23 bits per heavy atom.